The minimum absolute atomic E-state index is 0.0158. The third-order valence-electron chi connectivity index (χ3n) is 14.0. The second-order valence-electron chi connectivity index (χ2n) is 17.4. The van der Waals surface area contributed by atoms with Gasteiger partial charge in [0.25, 0.3) is 0 Å². The molecular weight excluding hydrogens is 670 g/mol. The van der Waals surface area contributed by atoms with Crippen molar-refractivity contribution in [2.45, 2.75) is 194 Å². The number of Topliss-reactive ketones (excluding diaryl/α,β-unsaturated/α-hetero) is 1. The molecule has 0 aliphatic carbocycles. The number of fused-ring (bicyclic) bond motifs is 6. The lowest BCUT2D eigenvalue weighted by molar-refractivity contribution is -0.292. The first-order chi connectivity index (χ1) is 25.1. The average molecular weight is 730 g/mol. The average Bonchev–Trinajstić information content (AvgIpc) is 3.79. The van der Waals surface area contributed by atoms with Gasteiger partial charge in [0, 0.05) is 58.1 Å². The number of aliphatic hydroxyl groups is 1. The molecule has 10 aliphatic rings. The SMILES string of the molecule is C=C1CC2CC[C@@]34C[C@H]5OC6C(O3)[C@H]3OC(CCC3O[C@H]6C5O4)CC(=O)CC3[C@@H](OC)C(CC(O)CN)O[C@H]3CC3OC(CCC1O2)C[C@@H](C)C3=C. The summed E-state index contributed by atoms with van der Waals surface area (Å²) in [6.07, 6.45) is 4.85. The van der Waals surface area contributed by atoms with Crippen molar-refractivity contribution in [1.82, 2.24) is 0 Å². The summed E-state index contributed by atoms with van der Waals surface area (Å²) in [7, 11) is 1.66. The predicted octanol–water partition coefficient (Wildman–Crippen LogP) is 3.44. The molecule has 0 aromatic heterocycles. The molecule has 12 unspecified atom stereocenters. The topological polar surface area (TPSA) is 146 Å². The number of nitrogens with two attached hydrogens (primary N) is 1. The number of ether oxygens (including phenoxy) is 9. The van der Waals surface area contributed by atoms with E-state index < -0.39 is 18.0 Å². The molecule has 10 fully saturated rings. The van der Waals surface area contributed by atoms with E-state index in [-0.39, 0.29) is 122 Å². The Labute approximate surface area is 307 Å². The fourth-order valence-electron chi connectivity index (χ4n) is 11.3. The molecule has 10 rings (SSSR count). The summed E-state index contributed by atoms with van der Waals surface area (Å²) >= 11 is 0. The van der Waals surface area contributed by atoms with Gasteiger partial charge in [0.15, 0.2) is 5.79 Å². The van der Waals surface area contributed by atoms with E-state index in [0.717, 1.165) is 56.1 Å². The zero-order valence-electron chi connectivity index (χ0n) is 30.8. The zero-order valence-corrected chi connectivity index (χ0v) is 30.8. The largest absolute Gasteiger partial charge is 0.392 e. The second kappa shape index (κ2) is 14.3. The number of methoxy groups -OCH3 is 1. The summed E-state index contributed by atoms with van der Waals surface area (Å²) in [6, 6.07) is 0. The van der Waals surface area contributed by atoms with Crippen molar-refractivity contribution in [1.29, 1.82) is 0 Å². The van der Waals surface area contributed by atoms with Crippen LogP contribution in [-0.4, -0.2) is 128 Å². The van der Waals surface area contributed by atoms with Gasteiger partial charge in [-0.15, -0.1) is 0 Å². The third-order valence-corrected chi connectivity index (χ3v) is 14.0. The van der Waals surface area contributed by atoms with Gasteiger partial charge in [0.05, 0.1) is 67.1 Å². The highest BCUT2D eigenvalue weighted by Gasteiger charge is 2.68. The number of ketones is 1. The van der Waals surface area contributed by atoms with Gasteiger partial charge in [0.2, 0.25) is 0 Å². The van der Waals surface area contributed by atoms with Crippen LogP contribution in [0.2, 0.25) is 0 Å². The van der Waals surface area contributed by atoms with Gasteiger partial charge >= 0.3 is 0 Å². The Hall–Kier alpha value is -1.29. The molecule has 0 amide bonds. The quantitative estimate of drug-likeness (QED) is 0.409. The molecule has 19 atom stereocenters. The first-order valence-corrected chi connectivity index (χ1v) is 20.2. The molecule has 12 nitrogen and oxygen atoms in total. The lowest BCUT2D eigenvalue weighted by Gasteiger charge is -2.47. The molecule has 12 heteroatoms. The summed E-state index contributed by atoms with van der Waals surface area (Å²) in [5.41, 5.74) is 8.01. The van der Waals surface area contributed by atoms with Gasteiger partial charge < -0.3 is 53.5 Å². The Bertz CT molecular complexity index is 1380. The summed E-state index contributed by atoms with van der Waals surface area (Å²) in [5, 5.41) is 10.5. The van der Waals surface area contributed by atoms with E-state index in [1.165, 1.54) is 0 Å². The molecular formula is C40H59NO11. The van der Waals surface area contributed by atoms with Gasteiger partial charge in [-0.3, -0.25) is 4.79 Å². The van der Waals surface area contributed by atoms with E-state index in [1.807, 2.05) is 0 Å². The van der Waals surface area contributed by atoms with E-state index in [1.54, 1.807) is 7.11 Å². The maximum absolute atomic E-state index is 14.1. The van der Waals surface area contributed by atoms with Crippen LogP contribution in [0.25, 0.3) is 0 Å². The van der Waals surface area contributed by atoms with Gasteiger partial charge in [-0.2, -0.15) is 0 Å². The highest BCUT2D eigenvalue weighted by molar-refractivity contribution is 5.79. The molecule has 10 saturated heterocycles. The Morgan fingerprint density at radius 1 is 0.808 bits per heavy atom. The van der Waals surface area contributed by atoms with Crippen molar-refractivity contribution >= 4 is 5.78 Å². The van der Waals surface area contributed by atoms with Crippen LogP contribution in [0.3, 0.4) is 0 Å². The van der Waals surface area contributed by atoms with Gasteiger partial charge in [-0.1, -0.05) is 20.1 Å². The normalized spacial score (nSPS) is 52.4. The number of hydrogen-bond acceptors (Lipinski definition) is 12. The molecule has 10 heterocycles. The van der Waals surface area contributed by atoms with Crippen LogP contribution in [0, 0.1) is 11.8 Å². The van der Waals surface area contributed by atoms with Crippen molar-refractivity contribution in [3.8, 4) is 0 Å². The molecule has 0 radical (unpaired) electrons. The van der Waals surface area contributed by atoms with Crippen LogP contribution in [0.4, 0.5) is 0 Å². The highest BCUT2D eigenvalue weighted by Crippen LogP contribution is 2.54. The first kappa shape index (κ1) is 36.4. The standard InChI is InChI=1S/C40H59NO11/c1-19-11-24-5-7-28-20(2)12-26(45-28)9-10-40-17-33-36(51-40)37-38(50-33)39(52-40)35-29(49-37)8-6-25(47-35)13-22(42)14-27-31(16-30(46-24)21(19)3)48-32(34(27)44-4)15-23(43)18-41/h19,23-39,43H,2-3,5-18,41H2,1,4H3/t19-,23?,24?,25?,26?,27?,28?,29?,30?,31+,32?,33-,34-,35+,36?,37+,38?,39?,40+/m1/s1. The van der Waals surface area contributed by atoms with E-state index in [2.05, 4.69) is 20.1 Å². The van der Waals surface area contributed by atoms with Crippen LogP contribution < -0.4 is 5.73 Å². The molecule has 3 N–H and O–H groups in total. The number of carbonyl (C=O) groups is 1. The van der Waals surface area contributed by atoms with Crippen molar-refractivity contribution in [2.24, 2.45) is 17.6 Å². The molecule has 1 spiro atoms. The number of aliphatic hydroxyl groups excluding tert-OH is 1. The smallest absolute Gasteiger partial charge is 0.172 e. The minimum atomic E-state index is -0.780. The Morgan fingerprint density at radius 3 is 2.38 bits per heavy atom. The fourth-order valence-corrected chi connectivity index (χ4v) is 11.3. The lowest BCUT2D eigenvalue weighted by Crippen LogP contribution is -2.61. The van der Waals surface area contributed by atoms with E-state index >= 15 is 0 Å². The summed E-state index contributed by atoms with van der Waals surface area (Å²) < 4.78 is 60.0. The lowest BCUT2D eigenvalue weighted by atomic mass is 9.81. The van der Waals surface area contributed by atoms with Gasteiger partial charge in [0.1, 0.15) is 36.3 Å². The number of hydrogen-bond donors (Lipinski definition) is 2. The van der Waals surface area contributed by atoms with Crippen LogP contribution >= 0.6 is 0 Å². The summed E-state index contributed by atoms with van der Waals surface area (Å²) in [6.45, 7) is 11.3. The third kappa shape index (κ3) is 6.59. The summed E-state index contributed by atoms with van der Waals surface area (Å²) in [5.74, 6) is -0.619. The minimum Gasteiger partial charge on any atom is -0.392 e. The summed E-state index contributed by atoms with van der Waals surface area (Å²) in [4.78, 5) is 14.1. The molecule has 52 heavy (non-hydrogen) atoms. The maximum atomic E-state index is 14.1. The van der Waals surface area contributed by atoms with Crippen LogP contribution in [0.15, 0.2) is 24.3 Å². The highest BCUT2D eigenvalue weighted by atomic mass is 16.8. The molecule has 0 saturated carbocycles. The monoisotopic (exact) mass is 729 g/mol. The Kier molecular flexibility index (Phi) is 10.0. The van der Waals surface area contributed by atoms with Crippen molar-refractivity contribution in [2.75, 3.05) is 13.7 Å². The second-order valence-corrected chi connectivity index (χ2v) is 17.4. The van der Waals surface area contributed by atoms with Crippen molar-refractivity contribution in [3.63, 3.8) is 0 Å². The predicted molar refractivity (Wildman–Crippen MR) is 186 cm³/mol. The maximum Gasteiger partial charge on any atom is 0.172 e. The van der Waals surface area contributed by atoms with E-state index in [4.69, 9.17) is 48.4 Å². The number of carbonyl (C=O) groups excluding carboxylic acids is 1. The van der Waals surface area contributed by atoms with E-state index in [9.17, 15) is 9.90 Å². The fraction of sp³-hybridized carbons (Fsp3) is 0.875. The van der Waals surface area contributed by atoms with Crippen molar-refractivity contribution < 1.29 is 52.5 Å². The molecule has 10 aliphatic heterocycles. The van der Waals surface area contributed by atoms with Crippen molar-refractivity contribution in [3.05, 3.63) is 24.3 Å². The molecule has 0 aromatic carbocycles. The van der Waals surface area contributed by atoms with E-state index in [0.29, 0.717) is 25.7 Å². The molecule has 290 valence electrons. The number of rotatable bonds is 4. The zero-order chi connectivity index (χ0) is 35.9. The molecule has 0 aromatic rings. The van der Waals surface area contributed by atoms with Crippen LogP contribution in [0.1, 0.15) is 90.4 Å². The Balaban J connectivity index is 0.994. The van der Waals surface area contributed by atoms with Crippen LogP contribution in [-0.2, 0) is 47.4 Å². The Morgan fingerprint density at radius 2 is 1.56 bits per heavy atom. The van der Waals surface area contributed by atoms with Gasteiger partial charge in [-0.25, -0.2) is 0 Å². The van der Waals surface area contributed by atoms with Gasteiger partial charge in [-0.05, 0) is 62.0 Å². The first-order valence-electron chi connectivity index (χ1n) is 20.2. The van der Waals surface area contributed by atoms with Crippen LogP contribution in [0.5, 0.6) is 0 Å². The molecule has 12 bridgehead atoms.